The van der Waals surface area contributed by atoms with Crippen molar-refractivity contribution in [1.82, 2.24) is 9.97 Å². The molecule has 1 spiro atoms. The Morgan fingerprint density at radius 2 is 0.807 bits per heavy atom. The fraction of sp³-hybridized carbons (Fsp3) is 0.164. The zero-order chi connectivity index (χ0) is 38.1. The van der Waals surface area contributed by atoms with Crippen LogP contribution < -0.4 is 0 Å². The molecule has 0 bridgehead atoms. The fourth-order valence-corrected chi connectivity index (χ4v) is 10.4. The second-order valence-electron chi connectivity index (χ2n) is 16.8. The van der Waals surface area contributed by atoms with Crippen molar-refractivity contribution < 1.29 is 0 Å². The molecule has 2 nitrogen and oxygen atoms in total. The Bertz CT molecular complexity index is 2830. The average molecular weight is 733 g/mol. The normalized spacial score (nSPS) is 15.5. The Kier molecular flexibility index (Phi) is 7.80. The van der Waals surface area contributed by atoms with Crippen molar-refractivity contribution in [2.75, 3.05) is 0 Å². The van der Waals surface area contributed by atoms with Gasteiger partial charge < -0.3 is 0 Å². The minimum atomic E-state index is -0.0914. The molecule has 7 aromatic carbocycles. The highest BCUT2D eigenvalue weighted by Gasteiger charge is 2.46. The van der Waals surface area contributed by atoms with Crippen LogP contribution >= 0.6 is 0 Å². The first-order valence-electron chi connectivity index (χ1n) is 20.6. The molecule has 0 N–H and O–H groups in total. The molecule has 0 unspecified atom stereocenters. The van der Waals surface area contributed by atoms with Crippen LogP contribution in [0.2, 0.25) is 0 Å². The van der Waals surface area contributed by atoms with Crippen LogP contribution in [0.4, 0.5) is 0 Å². The number of fused-ring (bicyclic) bond motifs is 8. The van der Waals surface area contributed by atoms with Crippen LogP contribution in [0.3, 0.4) is 0 Å². The van der Waals surface area contributed by atoms with Crippen LogP contribution in [0.15, 0.2) is 170 Å². The van der Waals surface area contributed by atoms with Crippen molar-refractivity contribution in [2.45, 2.75) is 56.8 Å². The van der Waals surface area contributed by atoms with Gasteiger partial charge in [-0.2, -0.15) is 0 Å². The molecule has 3 aliphatic rings. The number of hydrogen-bond acceptors (Lipinski definition) is 2. The summed E-state index contributed by atoms with van der Waals surface area (Å²) in [7, 11) is 0. The zero-order valence-corrected chi connectivity index (χ0v) is 32.6. The number of nitrogens with zero attached hydrogens (tertiary/aromatic N) is 2. The lowest BCUT2D eigenvalue weighted by molar-refractivity contribution is 0.353. The Hall–Kier alpha value is -6.38. The molecule has 1 aromatic heterocycles. The molecule has 1 fully saturated rings. The van der Waals surface area contributed by atoms with Crippen molar-refractivity contribution in [3.63, 3.8) is 0 Å². The van der Waals surface area contributed by atoms with Gasteiger partial charge in [0.05, 0.1) is 22.8 Å². The van der Waals surface area contributed by atoms with Crippen molar-refractivity contribution in [3.05, 3.63) is 192 Å². The van der Waals surface area contributed by atoms with E-state index in [1.807, 2.05) is 0 Å². The number of rotatable bonds is 5. The van der Waals surface area contributed by atoms with E-state index < -0.39 is 0 Å². The van der Waals surface area contributed by atoms with Gasteiger partial charge in [-0.15, -0.1) is 0 Å². The topological polar surface area (TPSA) is 25.8 Å². The van der Waals surface area contributed by atoms with Gasteiger partial charge in [0, 0.05) is 33.1 Å². The predicted octanol–water partition coefficient (Wildman–Crippen LogP) is 14.3. The summed E-state index contributed by atoms with van der Waals surface area (Å²) >= 11 is 0. The van der Waals surface area contributed by atoms with E-state index in [4.69, 9.17) is 9.97 Å². The summed E-state index contributed by atoms with van der Waals surface area (Å²) in [6.45, 7) is 4.82. The lowest BCUT2D eigenvalue weighted by Crippen LogP contribution is -2.28. The molecule has 11 rings (SSSR count). The van der Waals surface area contributed by atoms with E-state index >= 15 is 0 Å². The quantitative estimate of drug-likeness (QED) is 0.176. The molecular formula is C55H44N2. The van der Waals surface area contributed by atoms with Crippen molar-refractivity contribution >= 4 is 0 Å². The molecule has 1 heterocycles. The van der Waals surface area contributed by atoms with Gasteiger partial charge in [0.2, 0.25) is 0 Å². The maximum Gasteiger partial charge on any atom is 0.0973 e. The first-order valence-corrected chi connectivity index (χ1v) is 20.6. The summed E-state index contributed by atoms with van der Waals surface area (Å²) in [4.78, 5) is 11.0. The lowest BCUT2D eigenvalue weighted by atomic mass is 9.67. The van der Waals surface area contributed by atoms with Gasteiger partial charge >= 0.3 is 0 Å². The van der Waals surface area contributed by atoms with Crippen LogP contribution in [0.1, 0.15) is 68.2 Å². The molecule has 8 aromatic rings. The Labute approximate surface area is 336 Å². The number of hydrogen-bond donors (Lipinski definition) is 0. The molecule has 0 aliphatic heterocycles. The first-order chi connectivity index (χ1) is 28.0. The van der Waals surface area contributed by atoms with Crippen LogP contribution in [0, 0.1) is 0 Å². The molecule has 0 amide bonds. The largest absolute Gasteiger partial charge is 0.243 e. The van der Waals surface area contributed by atoms with Crippen LogP contribution in [0.5, 0.6) is 0 Å². The predicted molar refractivity (Wildman–Crippen MR) is 236 cm³/mol. The number of benzene rings is 7. The third-order valence-corrected chi connectivity index (χ3v) is 13.3. The highest BCUT2D eigenvalue weighted by Crippen LogP contribution is 2.60. The summed E-state index contributed by atoms with van der Waals surface area (Å²) < 4.78 is 0. The van der Waals surface area contributed by atoms with E-state index in [1.54, 1.807) is 11.1 Å². The molecule has 3 aliphatic carbocycles. The average Bonchev–Trinajstić information content (AvgIpc) is 3.66. The van der Waals surface area contributed by atoms with Crippen LogP contribution in [0.25, 0.3) is 78.4 Å². The first kappa shape index (κ1) is 33.9. The Morgan fingerprint density at radius 3 is 1.44 bits per heavy atom. The zero-order valence-electron chi connectivity index (χ0n) is 32.6. The monoisotopic (exact) mass is 732 g/mol. The number of aromatic nitrogens is 2. The maximum absolute atomic E-state index is 5.54. The fourth-order valence-electron chi connectivity index (χ4n) is 10.4. The lowest BCUT2D eigenvalue weighted by Gasteiger charge is -2.36. The standard InChI is InChI=1S/C55H44N2/c1-54(2)46-29-28-40(33-43(46)45-35-49-44(34-48(45)54)42-26-13-14-27-47(42)55(49)30-15-6-16-31-55)39-24-17-25-41(32-39)53-52(38-22-11-5-12-23-38)56-50(36-18-7-3-8-19-36)51(57-53)37-20-9-4-10-21-37/h3-5,7-14,17-29,32-35H,6,15-16,30-31H2,1-2H3. The second-order valence-corrected chi connectivity index (χ2v) is 16.8. The summed E-state index contributed by atoms with van der Waals surface area (Å²) in [5.74, 6) is 0. The molecule has 57 heavy (non-hydrogen) atoms. The minimum absolute atomic E-state index is 0.0914. The highest BCUT2D eigenvalue weighted by molar-refractivity contribution is 5.92. The minimum Gasteiger partial charge on any atom is -0.243 e. The third-order valence-electron chi connectivity index (χ3n) is 13.3. The van der Waals surface area contributed by atoms with E-state index in [9.17, 15) is 0 Å². The van der Waals surface area contributed by atoms with E-state index in [-0.39, 0.29) is 10.8 Å². The molecule has 0 radical (unpaired) electrons. The van der Waals surface area contributed by atoms with E-state index in [0.717, 1.165) is 45.0 Å². The van der Waals surface area contributed by atoms with Gasteiger partial charge in [0.1, 0.15) is 0 Å². The summed E-state index contributed by atoms with van der Waals surface area (Å²) in [6.07, 6.45) is 6.42. The van der Waals surface area contributed by atoms with Gasteiger partial charge in [-0.1, -0.05) is 179 Å². The van der Waals surface area contributed by atoms with E-state index in [0.29, 0.717) is 0 Å². The molecule has 0 saturated heterocycles. The SMILES string of the molecule is CC1(C)c2ccc(-c3cccc(-c4nc(-c5ccccc5)c(-c5ccccc5)nc4-c4ccccc4)c3)cc2-c2cc3c(cc21)-c1ccccc1C31CCCCC1. The summed E-state index contributed by atoms with van der Waals surface area (Å²) in [6, 6.07) is 62.0. The highest BCUT2D eigenvalue weighted by atomic mass is 14.9. The molecule has 0 atom stereocenters. The maximum atomic E-state index is 5.54. The summed E-state index contributed by atoms with van der Waals surface area (Å²) in [5.41, 5.74) is 21.8. The van der Waals surface area contributed by atoms with E-state index in [2.05, 4.69) is 184 Å². The van der Waals surface area contributed by atoms with Crippen molar-refractivity contribution in [1.29, 1.82) is 0 Å². The smallest absolute Gasteiger partial charge is 0.0973 e. The Balaban J connectivity index is 1.07. The molecule has 274 valence electrons. The van der Waals surface area contributed by atoms with Gasteiger partial charge in [-0.3, -0.25) is 0 Å². The van der Waals surface area contributed by atoms with Gasteiger partial charge in [0.15, 0.2) is 0 Å². The van der Waals surface area contributed by atoms with Gasteiger partial charge in [-0.25, -0.2) is 9.97 Å². The Morgan fingerprint density at radius 1 is 0.333 bits per heavy atom. The van der Waals surface area contributed by atoms with Crippen molar-refractivity contribution in [2.24, 2.45) is 0 Å². The molecule has 2 heteroatoms. The van der Waals surface area contributed by atoms with Crippen LogP contribution in [-0.2, 0) is 10.8 Å². The van der Waals surface area contributed by atoms with Crippen molar-refractivity contribution in [3.8, 4) is 78.4 Å². The molecular weight excluding hydrogens is 689 g/mol. The summed E-state index contributed by atoms with van der Waals surface area (Å²) in [5, 5.41) is 0. The molecule has 1 saturated carbocycles. The van der Waals surface area contributed by atoms with Gasteiger partial charge in [-0.05, 0) is 92.7 Å². The third kappa shape index (κ3) is 5.31. The second kappa shape index (κ2) is 13.1. The van der Waals surface area contributed by atoms with Gasteiger partial charge in [0.25, 0.3) is 0 Å². The van der Waals surface area contributed by atoms with E-state index in [1.165, 1.54) is 76.6 Å². The van der Waals surface area contributed by atoms with Crippen LogP contribution in [-0.4, -0.2) is 9.97 Å².